The van der Waals surface area contributed by atoms with Gasteiger partial charge in [-0.05, 0) is 24.3 Å². The van der Waals surface area contributed by atoms with Gasteiger partial charge >= 0.3 is 0 Å². The summed E-state index contributed by atoms with van der Waals surface area (Å²) in [5.41, 5.74) is 1.76. The van der Waals surface area contributed by atoms with Crippen LogP contribution < -0.4 is 28.5 Å². The number of benzene rings is 1. The third-order valence-electron chi connectivity index (χ3n) is 5.79. The second kappa shape index (κ2) is 9.57. The van der Waals surface area contributed by atoms with Crippen molar-refractivity contribution in [2.24, 2.45) is 7.05 Å². The van der Waals surface area contributed by atoms with Crippen LogP contribution in [0.4, 0.5) is 0 Å². The van der Waals surface area contributed by atoms with Gasteiger partial charge in [-0.2, -0.15) is 0 Å². The molecule has 148 valence electrons. The Bertz CT molecular complexity index is 782. The highest BCUT2D eigenvalue weighted by molar-refractivity contribution is 5.79. The van der Waals surface area contributed by atoms with Gasteiger partial charge in [-0.15, -0.1) is 0 Å². The molecule has 1 saturated carbocycles. The van der Waals surface area contributed by atoms with Crippen molar-refractivity contribution in [3.63, 3.8) is 0 Å². The summed E-state index contributed by atoms with van der Waals surface area (Å²) in [7, 11) is 3.85. The molecule has 2 aromatic rings. The first-order valence-electron chi connectivity index (χ1n) is 9.53. The van der Waals surface area contributed by atoms with Crippen molar-refractivity contribution in [1.82, 2.24) is 9.47 Å². The summed E-state index contributed by atoms with van der Waals surface area (Å²) in [6.07, 6.45) is 9.03. The monoisotopic (exact) mass is 483 g/mol. The average Bonchev–Trinajstić information content (AvgIpc) is 3.26. The van der Waals surface area contributed by atoms with Crippen molar-refractivity contribution in [1.29, 1.82) is 0 Å². The SMILES string of the molecule is Cc1n(CCN(C)C(=O)Cc2cccc(C3CCCC3)c2O)cc[n+]1C.[I-]. The Hall–Kier alpha value is -1.57. The van der Waals surface area contributed by atoms with Crippen molar-refractivity contribution in [3.8, 4) is 5.75 Å². The fourth-order valence-corrected chi connectivity index (χ4v) is 3.84. The van der Waals surface area contributed by atoms with E-state index >= 15 is 0 Å². The van der Waals surface area contributed by atoms with Crippen LogP contribution in [0.3, 0.4) is 0 Å². The molecule has 0 unspecified atom stereocenters. The van der Waals surface area contributed by atoms with Crippen LogP contribution in [0.5, 0.6) is 5.75 Å². The maximum atomic E-state index is 12.6. The lowest BCUT2D eigenvalue weighted by molar-refractivity contribution is -0.677. The van der Waals surface area contributed by atoms with Crippen molar-refractivity contribution < 1.29 is 38.4 Å². The number of aromatic nitrogens is 2. The third-order valence-corrected chi connectivity index (χ3v) is 5.79. The van der Waals surface area contributed by atoms with Gasteiger partial charge in [0.15, 0.2) is 0 Å². The second-order valence-electron chi connectivity index (χ2n) is 7.48. The number of phenolic OH excluding ortho intramolecular Hbond substituents is 1. The molecule has 0 radical (unpaired) electrons. The zero-order chi connectivity index (χ0) is 18.7. The van der Waals surface area contributed by atoms with Crippen molar-refractivity contribution in [3.05, 3.63) is 47.5 Å². The number of hydrogen-bond donors (Lipinski definition) is 1. The Morgan fingerprint density at radius 1 is 1.33 bits per heavy atom. The molecule has 0 aliphatic heterocycles. The van der Waals surface area contributed by atoms with E-state index in [1.165, 1.54) is 12.8 Å². The number of carbonyl (C=O) groups excluding carboxylic acids is 1. The molecule has 0 atom stereocenters. The quantitative estimate of drug-likeness (QED) is 0.453. The van der Waals surface area contributed by atoms with E-state index < -0.39 is 0 Å². The number of rotatable bonds is 6. The number of likely N-dealkylation sites (N-methyl/N-ethyl adjacent to an activating group) is 1. The van der Waals surface area contributed by atoms with Crippen LogP contribution in [0.2, 0.25) is 0 Å². The number of hydrogen-bond acceptors (Lipinski definition) is 2. The lowest BCUT2D eigenvalue weighted by Gasteiger charge is -2.18. The van der Waals surface area contributed by atoms with Crippen LogP contribution >= 0.6 is 0 Å². The van der Waals surface area contributed by atoms with E-state index in [0.717, 1.165) is 36.3 Å². The minimum Gasteiger partial charge on any atom is -1.00 e. The second-order valence-corrected chi connectivity index (χ2v) is 7.48. The Kier molecular flexibility index (Phi) is 7.70. The van der Waals surface area contributed by atoms with Crippen molar-refractivity contribution >= 4 is 5.91 Å². The Labute approximate surface area is 179 Å². The summed E-state index contributed by atoms with van der Waals surface area (Å²) < 4.78 is 4.20. The van der Waals surface area contributed by atoms with Crippen molar-refractivity contribution in [2.75, 3.05) is 13.6 Å². The summed E-state index contributed by atoms with van der Waals surface area (Å²) >= 11 is 0. The standard InChI is InChI=1S/C21H29N3O2.HI/c1-16-22(2)11-13-24(16)14-12-23(3)20(25)15-18-9-6-10-19(21(18)26)17-7-4-5-8-17;/h6,9-11,13,17H,4-5,7-8,12,14-15H2,1-3H3;1H. The van der Waals surface area contributed by atoms with E-state index in [9.17, 15) is 9.90 Å². The smallest absolute Gasteiger partial charge is 0.253 e. The van der Waals surface area contributed by atoms with Crippen LogP contribution in [0.1, 0.15) is 48.6 Å². The van der Waals surface area contributed by atoms with E-state index in [2.05, 4.69) is 16.1 Å². The normalized spacial score (nSPS) is 14.2. The molecule has 1 fully saturated rings. The molecule has 6 heteroatoms. The number of aryl methyl sites for hydroxylation is 1. The molecule has 0 spiro atoms. The fraction of sp³-hybridized carbons (Fsp3) is 0.524. The van der Waals surface area contributed by atoms with Gasteiger partial charge in [0.25, 0.3) is 5.82 Å². The molecular weight excluding hydrogens is 453 g/mol. The number of aromatic hydroxyl groups is 1. The molecule has 1 N–H and O–H groups in total. The minimum absolute atomic E-state index is 0. The van der Waals surface area contributed by atoms with E-state index in [1.807, 2.05) is 44.7 Å². The van der Waals surface area contributed by atoms with Gasteiger partial charge in [-0.1, -0.05) is 31.0 Å². The summed E-state index contributed by atoms with van der Waals surface area (Å²) in [4.78, 5) is 14.4. The summed E-state index contributed by atoms with van der Waals surface area (Å²) in [5.74, 6) is 1.97. The number of phenols is 1. The maximum absolute atomic E-state index is 12.6. The van der Waals surface area contributed by atoms with E-state index in [4.69, 9.17) is 0 Å². The Morgan fingerprint density at radius 3 is 2.67 bits per heavy atom. The number of nitrogens with zero attached hydrogens (tertiary/aromatic N) is 3. The van der Waals surface area contributed by atoms with Crippen LogP contribution in [-0.4, -0.2) is 34.1 Å². The van der Waals surface area contributed by atoms with E-state index in [-0.39, 0.29) is 36.3 Å². The number of imidazole rings is 1. The molecule has 1 heterocycles. The Morgan fingerprint density at radius 2 is 2.04 bits per heavy atom. The van der Waals surface area contributed by atoms with E-state index in [0.29, 0.717) is 18.2 Å². The number of carbonyl (C=O) groups is 1. The molecule has 27 heavy (non-hydrogen) atoms. The van der Waals surface area contributed by atoms with Gasteiger partial charge < -0.3 is 34.0 Å². The fourth-order valence-electron chi connectivity index (χ4n) is 3.84. The largest absolute Gasteiger partial charge is 1.00 e. The lowest BCUT2D eigenvalue weighted by atomic mass is 9.93. The van der Waals surface area contributed by atoms with Gasteiger partial charge in [0, 0.05) is 19.5 Å². The predicted molar refractivity (Wildman–Crippen MR) is 101 cm³/mol. The molecule has 1 amide bonds. The van der Waals surface area contributed by atoms with Crippen LogP contribution in [0.15, 0.2) is 30.6 Å². The lowest BCUT2D eigenvalue weighted by Crippen LogP contribution is -3.00. The molecule has 0 bridgehead atoms. The zero-order valence-corrected chi connectivity index (χ0v) is 18.6. The first kappa shape index (κ1) is 21.7. The van der Waals surface area contributed by atoms with Gasteiger partial charge in [-0.25, -0.2) is 9.13 Å². The highest BCUT2D eigenvalue weighted by atomic mass is 127. The van der Waals surface area contributed by atoms with Gasteiger partial charge in [0.05, 0.1) is 20.0 Å². The third kappa shape index (κ3) is 5.03. The molecule has 1 aromatic carbocycles. The molecule has 1 aliphatic rings. The van der Waals surface area contributed by atoms with Gasteiger partial charge in [0.1, 0.15) is 24.7 Å². The number of amides is 1. The minimum atomic E-state index is 0. The zero-order valence-electron chi connectivity index (χ0n) is 16.5. The van der Waals surface area contributed by atoms with Crippen LogP contribution in [-0.2, 0) is 24.8 Å². The average molecular weight is 483 g/mol. The summed E-state index contributed by atoms with van der Waals surface area (Å²) in [6, 6.07) is 5.85. The first-order valence-corrected chi connectivity index (χ1v) is 9.53. The maximum Gasteiger partial charge on any atom is 0.253 e. The molecule has 0 saturated heterocycles. The molecular formula is C21H30IN3O2. The number of halogens is 1. The highest BCUT2D eigenvalue weighted by Gasteiger charge is 2.22. The molecule has 1 aromatic heterocycles. The first-order chi connectivity index (χ1) is 12.5. The highest BCUT2D eigenvalue weighted by Crippen LogP contribution is 2.39. The molecule has 3 rings (SSSR count). The predicted octanol–water partition coefficient (Wildman–Crippen LogP) is -0.311. The van der Waals surface area contributed by atoms with Crippen LogP contribution in [0.25, 0.3) is 0 Å². The van der Waals surface area contributed by atoms with Gasteiger partial charge in [0.2, 0.25) is 5.91 Å². The Balaban J connectivity index is 0.00000261. The number of para-hydroxylation sites is 1. The summed E-state index contributed by atoms with van der Waals surface area (Å²) in [6.45, 7) is 3.48. The van der Waals surface area contributed by atoms with E-state index in [1.54, 1.807) is 4.90 Å². The topological polar surface area (TPSA) is 49.4 Å². The van der Waals surface area contributed by atoms with Gasteiger partial charge in [-0.3, -0.25) is 4.79 Å². The van der Waals surface area contributed by atoms with Crippen molar-refractivity contribution in [2.45, 2.75) is 51.5 Å². The molecule has 5 nitrogen and oxygen atoms in total. The van der Waals surface area contributed by atoms with Crippen LogP contribution in [0, 0.1) is 6.92 Å². The molecule has 1 aliphatic carbocycles. The summed E-state index contributed by atoms with van der Waals surface area (Å²) in [5, 5.41) is 10.6.